The first-order valence-electron chi connectivity index (χ1n) is 11.6. The van der Waals surface area contributed by atoms with Crippen molar-refractivity contribution in [3.8, 4) is 28.0 Å². The van der Waals surface area contributed by atoms with Gasteiger partial charge in [-0.15, -0.1) is 0 Å². The second-order valence-electron chi connectivity index (χ2n) is 8.78. The molecule has 1 aliphatic heterocycles. The van der Waals surface area contributed by atoms with Gasteiger partial charge in [0, 0.05) is 49.2 Å². The Morgan fingerprint density at radius 1 is 1.09 bits per heavy atom. The molecule has 2 aromatic carbocycles. The third kappa shape index (κ3) is 5.33. The summed E-state index contributed by atoms with van der Waals surface area (Å²) in [5.74, 6) is 0.802. The van der Waals surface area contributed by atoms with E-state index < -0.39 is 0 Å². The number of hydrogen-bond acceptors (Lipinski definition) is 6. The average molecular weight is 469 g/mol. The lowest BCUT2D eigenvalue weighted by Gasteiger charge is -2.15. The van der Waals surface area contributed by atoms with Gasteiger partial charge in [0.15, 0.2) is 0 Å². The van der Waals surface area contributed by atoms with Gasteiger partial charge in [-0.1, -0.05) is 42.5 Å². The summed E-state index contributed by atoms with van der Waals surface area (Å²) in [4.78, 5) is 17.2. The Labute approximate surface area is 204 Å². The molecule has 1 amide bonds. The lowest BCUT2D eigenvalue weighted by atomic mass is 10.1. The van der Waals surface area contributed by atoms with E-state index >= 15 is 0 Å². The molecular weight excluding hydrogens is 440 g/mol. The summed E-state index contributed by atoms with van der Waals surface area (Å²) < 4.78 is 7.77. The zero-order valence-electron chi connectivity index (χ0n) is 19.5. The Morgan fingerprint density at radius 2 is 1.91 bits per heavy atom. The molecule has 8 nitrogen and oxygen atoms in total. The van der Waals surface area contributed by atoms with Gasteiger partial charge >= 0.3 is 0 Å². The van der Waals surface area contributed by atoms with Gasteiger partial charge in [-0.3, -0.25) is 9.48 Å². The molecule has 35 heavy (non-hydrogen) atoms. The van der Waals surface area contributed by atoms with Crippen molar-refractivity contribution in [2.45, 2.75) is 18.5 Å². The molecule has 2 atom stereocenters. The van der Waals surface area contributed by atoms with Gasteiger partial charge in [0.2, 0.25) is 0 Å². The van der Waals surface area contributed by atoms with Gasteiger partial charge in [-0.2, -0.15) is 5.10 Å². The van der Waals surface area contributed by atoms with E-state index in [1.54, 1.807) is 23.1 Å². The van der Waals surface area contributed by atoms with Crippen LogP contribution >= 0.6 is 0 Å². The summed E-state index contributed by atoms with van der Waals surface area (Å²) in [5, 5.41) is 10.7. The van der Waals surface area contributed by atoms with E-state index in [4.69, 9.17) is 10.5 Å². The van der Waals surface area contributed by atoms with Crippen LogP contribution in [-0.4, -0.2) is 45.9 Å². The minimum atomic E-state index is -0.232. The molecule has 5 rings (SSSR count). The number of nitrogen functional groups attached to an aromatic ring is 1. The van der Waals surface area contributed by atoms with E-state index in [1.807, 2.05) is 43.6 Å². The number of amides is 1. The van der Waals surface area contributed by atoms with Crippen molar-refractivity contribution < 1.29 is 9.53 Å². The Balaban J connectivity index is 1.17. The van der Waals surface area contributed by atoms with Crippen LogP contribution in [0.1, 0.15) is 16.8 Å². The fourth-order valence-electron chi connectivity index (χ4n) is 4.30. The topological polar surface area (TPSA) is 107 Å². The number of nitrogens with zero attached hydrogens (tertiary/aromatic N) is 3. The fourth-order valence-corrected chi connectivity index (χ4v) is 4.30. The molecule has 4 aromatic rings. The van der Waals surface area contributed by atoms with Crippen LogP contribution < -0.4 is 21.1 Å². The molecule has 2 aromatic heterocycles. The van der Waals surface area contributed by atoms with Gasteiger partial charge in [0.1, 0.15) is 18.2 Å². The summed E-state index contributed by atoms with van der Waals surface area (Å²) in [7, 11) is 1.84. The van der Waals surface area contributed by atoms with E-state index in [1.165, 1.54) is 0 Å². The number of aryl methyl sites for hydroxylation is 1. The zero-order valence-corrected chi connectivity index (χ0v) is 19.5. The molecule has 1 aliphatic rings. The van der Waals surface area contributed by atoms with Crippen LogP contribution in [0.3, 0.4) is 0 Å². The molecule has 1 fully saturated rings. The van der Waals surface area contributed by atoms with Crippen molar-refractivity contribution in [1.29, 1.82) is 0 Å². The lowest BCUT2D eigenvalue weighted by Crippen LogP contribution is -2.36. The summed E-state index contributed by atoms with van der Waals surface area (Å²) >= 11 is 0. The number of hydrogen-bond donors (Lipinski definition) is 3. The van der Waals surface area contributed by atoms with Crippen LogP contribution in [-0.2, 0) is 7.05 Å². The number of anilines is 1. The van der Waals surface area contributed by atoms with Crippen molar-refractivity contribution in [2.24, 2.45) is 7.05 Å². The lowest BCUT2D eigenvalue weighted by molar-refractivity contribution is 0.0940. The summed E-state index contributed by atoms with van der Waals surface area (Å²) in [6.07, 6.45) is 6.02. The van der Waals surface area contributed by atoms with Gasteiger partial charge in [-0.25, -0.2) is 4.98 Å². The summed E-state index contributed by atoms with van der Waals surface area (Å²) in [5.41, 5.74) is 10.3. The monoisotopic (exact) mass is 468 g/mol. The molecule has 8 heteroatoms. The third-order valence-corrected chi connectivity index (χ3v) is 6.15. The Kier molecular flexibility index (Phi) is 6.45. The van der Waals surface area contributed by atoms with Crippen LogP contribution in [0.5, 0.6) is 5.75 Å². The van der Waals surface area contributed by atoms with Crippen molar-refractivity contribution >= 4 is 11.7 Å². The second-order valence-corrected chi connectivity index (χ2v) is 8.78. The number of rotatable bonds is 7. The summed E-state index contributed by atoms with van der Waals surface area (Å²) in [6.45, 7) is 1.18. The Morgan fingerprint density at radius 3 is 2.71 bits per heavy atom. The molecule has 0 saturated carbocycles. The number of carbonyl (C=O) groups is 1. The highest BCUT2D eigenvalue weighted by Gasteiger charge is 2.27. The normalized spacial score (nSPS) is 17.3. The smallest absolute Gasteiger partial charge is 0.255 e. The van der Waals surface area contributed by atoms with Crippen LogP contribution in [0, 0.1) is 0 Å². The molecule has 3 heterocycles. The highest BCUT2D eigenvalue weighted by atomic mass is 16.5. The number of nitrogens with one attached hydrogen (secondary N) is 2. The molecule has 1 saturated heterocycles. The maximum Gasteiger partial charge on any atom is 0.255 e. The summed E-state index contributed by atoms with van der Waals surface area (Å²) in [6, 6.07) is 20.2. The first kappa shape index (κ1) is 22.6. The zero-order chi connectivity index (χ0) is 24.2. The predicted molar refractivity (Wildman–Crippen MR) is 136 cm³/mol. The predicted octanol–water partition coefficient (Wildman–Crippen LogP) is 3.27. The minimum absolute atomic E-state index is 0.0202. The second kappa shape index (κ2) is 9.99. The van der Waals surface area contributed by atoms with E-state index in [9.17, 15) is 4.79 Å². The van der Waals surface area contributed by atoms with Crippen molar-refractivity contribution in [1.82, 2.24) is 25.4 Å². The van der Waals surface area contributed by atoms with E-state index in [2.05, 4.69) is 45.0 Å². The fraction of sp³-hybridized carbons (Fsp3) is 0.222. The molecule has 0 aliphatic carbocycles. The molecule has 0 radical (unpaired) electrons. The number of carbonyl (C=O) groups excluding carboxylic acids is 1. The van der Waals surface area contributed by atoms with Gasteiger partial charge in [-0.05, 0) is 35.7 Å². The number of pyridine rings is 1. The molecule has 0 bridgehead atoms. The number of benzene rings is 2. The molecule has 0 unspecified atom stereocenters. The van der Waals surface area contributed by atoms with Crippen LogP contribution in [0.4, 0.5) is 5.82 Å². The Bertz CT molecular complexity index is 1320. The minimum Gasteiger partial charge on any atom is -0.492 e. The van der Waals surface area contributed by atoms with E-state index in [-0.39, 0.29) is 23.8 Å². The van der Waals surface area contributed by atoms with Gasteiger partial charge in [0.25, 0.3) is 5.91 Å². The van der Waals surface area contributed by atoms with E-state index in [0.29, 0.717) is 18.7 Å². The maximum absolute atomic E-state index is 13.0. The SMILES string of the molecule is Cn1cc(-c2cnc(N)c(C(=O)N[C@@H]3CN[C@H](COc4cccc(-c5ccccc5)c4)C3)c2)cn1. The first-order chi connectivity index (χ1) is 17.0. The van der Waals surface area contributed by atoms with Gasteiger partial charge in [0.05, 0.1) is 11.8 Å². The van der Waals surface area contributed by atoms with Crippen molar-refractivity contribution in [2.75, 3.05) is 18.9 Å². The third-order valence-electron chi connectivity index (χ3n) is 6.15. The average Bonchev–Trinajstić information content (AvgIpc) is 3.52. The number of aromatic nitrogens is 3. The van der Waals surface area contributed by atoms with Crippen LogP contribution in [0.25, 0.3) is 22.3 Å². The van der Waals surface area contributed by atoms with Crippen LogP contribution in [0.2, 0.25) is 0 Å². The van der Waals surface area contributed by atoms with Crippen LogP contribution in [0.15, 0.2) is 79.3 Å². The van der Waals surface area contributed by atoms with Crippen molar-refractivity contribution in [3.05, 3.63) is 84.8 Å². The van der Waals surface area contributed by atoms with Crippen molar-refractivity contribution in [3.63, 3.8) is 0 Å². The first-order valence-corrected chi connectivity index (χ1v) is 11.6. The largest absolute Gasteiger partial charge is 0.492 e. The number of ether oxygens (including phenoxy) is 1. The van der Waals surface area contributed by atoms with E-state index in [0.717, 1.165) is 34.4 Å². The highest BCUT2D eigenvalue weighted by molar-refractivity contribution is 5.99. The number of nitrogens with two attached hydrogens (primary N) is 1. The maximum atomic E-state index is 13.0. The molecular formula is C27H28N6O2. The standard InChI is InChI=1S/C27H28N6O2/c1-33-16-21(14-31-33)20-11-25(26(28)30-13-20)27(34)32-22-12-23(29-15-22)17-35-24-9-5-8-19(10-24)18-6-3-2-4-7-18/h2-11,13-14,16,22-23,29H,12,15,17H2,1H3,(H2,28,30)(H,32,34)/t22-,23-/m0/s1. The quantitative estimate of drug-likeness (QED) is 0.384. The highest BCUT2D eigenvalue weighted by Crippen LogP contribution is 2.24. The molecule has 0 spiro atoms. The molecule has 178 valence electrons. The Hall–Kier alpha value is -4.17. The molecule has 4 N–H and O–H groups in total. The van der Waals surface area contributed by atoms with Gasteiger partial charge < -0.3 is 21.1 Å².